The second-order valence-electron chi connectivity index (χ2n) is 5.13. The molecule has 3 aromatic rings. The van der Waals surface area contributed by atoms with E-state index in [0.717, 1.165) is 27.4 Å². The van der Waals surface area contributed by atoms with Gasteiger partial charge in [-0.2, -0.15) is 0 Å². The van der Waals surface area contributed by atoms with Crippen LogP contribution in [-0.4, -0.2) is 21.3 Å². The Bertz CT molecular complexity index is 846. The van der Waals surface area contributed by atoms with E-state index in [1.54, 1.807) is 6.92 Å². The molecule has 1 atom stereocenters. The number of carboxylic acid groups (broad SMARTS) is 1. The van der Waals surface area contributed by atoms with Crippen LogP contribution in [0.15, 0.2) is 68.7 Å². The lowest BCUT2D eigenvalue weighted by Gasteiger charge is -2.02. The van der Waals surface area contributed by atoms with Gasteiger partial charge in [0, 0.05) is 15.6 Å². The third-order valence-electron chi connectivity index (χ3n) is 3.39. The molecule has 0 saturated carbocycles. The Kier molecular flexibility index (Phi) is 5.06. The van der Waals surface area contributed by atoms with Crippen LogP contribution in [0.5, 0.6) is 0 Å². The summed E-state index contributed by atoms with van der Waals surface area (Å²) in [5, 5.41) is 8.80. The fourth-order valence-electron chi connectivity index (χ4n) is 2.14. The van der Waals surface area contributed by atoms with E-state index in [-0.39, 0.29) is 0 Å². The quantitative estimate of drug-likeness (QED) is 0.582. The first kappa shape index (κ1) is 16.8. The van der Waals surface area contributed by atoms with Gasteiger partial charge in [-0.15, -0.1) is 0 Å². The van der Waals surface area contributed by atoms with Gasteiger partial charge in [0.1, 0.15) is 10.9 Å². The standard InChI is InChI=1S/C18H14BrNO3S/c1-11(17(21)22)24-18-20-15(12-5-3-2-4-6-12)16(23-18)13-7-9-14(19)10-8-13/h2-11H,1H3,(H,21,22). The van der Waals surface area contributed by atoms with Crippen molar-refractivity contribution in [2.45, 2.75) is 17.4 Å². The fraction of sp³-hybridized carbons (Fsp3) is 0.111. The van der Waals surface area contributed by atoms with Gasteiger partial charge in [0.05, 0.1) is 0 Å². The average Bonchev–Trinajstić information content (AvgIpc) is 3.00. The minimum Gasteiger partial charge on any atom is -0.480 e. The number of halogens is 1. The third-order valence-corrected chi connectivity index (χ3v) is 4.85. The normalized spacial score (nSPS) is 12.1. The zero-order chi connectivity index (χ0) is 17.1. The van der Waals surface area contributed by atoms with Gasteiger partial charge in [0.25, 0.3) is 5.22 Å². The molecule has 0 saturated heterocycles. The largest absolute Gasteiger partial charge is 0.480 e. The predicted molar refractivity (Wildman–Crippen MR) is 98.0 cm³/mol. The van der Waals surface area contributed by atoms with Crippen molar-refractivity contribution < 1.29 is 14.3 Å². The summed E-state index contributed by atoms with van der Waals surface area (Å²) >= 11 is 4.51. The number of oxazole rings is 1. The number of nitrogens with zero attached hydrogens (tertiary/aromatic N) is 1. The van der Waals surface area contributed by atoms with Crippen molar-refractivity contribution in [2.24, 2.45) is 0 Å². The van der Waals surface area contributed by atoms with Crippen LogP contribution >= 0.6 is 27.7 Å². The van der Waals surface area contributed by atoms with Gasteiger partial charge in [-0.05, 0) is 19.1 Å². The molecule has 4 nitrogen and oxygen atoms in total. The molecule has 0 fully saturated rings. The molecule has 3 rings (SSSR count). The molecule has 0 radical (unpaired) electrons. The molecule has 0 spiro atoms. The van der Waals surface area contributed by atoms with Gasteiger partial charge in [-0.1, -0.05) is 70.2 Å². The summed E-state index contributed by atoms with van der Waals surface area (Å²) in [6.07, 6.45) is 0. The van der Waals surface area contributed by atoms with Crippen molar-refractivity contribution in [3.63, 3.8) is 0 Å². The molecule has 0 aliphatic carbocycles. The van der Waals surface area contributed by atoms with Crippen molar-refractivity contribution in [3.05, 3.63) is 59.1 Å². The van der Waals surface area contributed by atoms with Gasteiger partial charge in [0.2, 0.25) is 0 Å². The van der Waals surface area contributed by atoms with Gasteiger partial charge in [-0.3, -0.25) is 4.79 Å². The maximum Gasteiger partial charge on any atom is 0.316 e. The molecule has 1 N–H and O–H groups in total. The van der Waals surface area contributed by atoms with E-state index in [0.29, 0.717) is 16.7 Å². The zero-order valence-corrected chi connectivity index (χ0v) is 15.2. The van der Waals surface area contributed by atoms with Crippen molar-refractivity contribution in [1.29, 1.82) is 0 Å². The Hall–Kier alpha value is -2.05. The van der Waals surface area contributed by atoms with Gasteiger partial charge >= 0.3 is 5.97 Å². The van der Waals surface area contributed by atoms with Crippen molar-refractivity contribution in [1.82, 2.24) is 4.98 Å². The van der Waals surface area contributed by atoms with Crippen LogP contribution in [-0.2, 0) is 4.79 Å². The van der Waals surface area contributed by atoms with Gasteiger partial charge in [0.15, 0.2) is 5.76 Å². The van der Waals surface area contributed by atoms with E-state index in [9.17, 15) is 4.79 Å². The van der Waals surface area contributed by atoms with Crippen LogP contribution in [0.2, 0.25) is 0 Å². The van der Waals surface area contributed by atoms with E-state index < -0.39 is 11.2 Å². The van der Waals surface area contributed by atoms with Crippen molar-refractivity contribution in [2.75, 3.05) is 0 Å². The lowest BCUT2D eigenvalue weighted by Crippen LogP contribution is -2.10. The fourth-order valence-corrected chi connectivity index (χ4v) is 3.08. The molecular weight excluding hydrogens is 390 g/mol. The summed E-state index contributed by atoms with van der Waals surface area (Å²) in [6, 6.07) is 17.4. The van der Waals surface area contributed by atoms with Crippen LogP contribution in [0.1, 0.15) is 6.92 Å². The number of carbonyl (C=O) groups is 1. The SMILES string of the molecule is CC(Sc1nc(-c2ccccc2)c(-c2ccc(Br)cc2)o1)C(=O)O. The molecular formula is C18H14BrNO3S. The first-order valence-electron chi connectivity index (χ1n) is 7.26. The third kappa shape index (κ3) is 3.71. The smallest absolute Gasteiger partial charge is 0.316 e. The van der Waals surface area contributed by atoms with E-state index >= 15 is 0 Å². The lowest BCUT2D eigenvalue weighted by atomic mass is 10.1. The topological polar surface area (TPSA) is 63.3 Å². The number of aromatic nitrogens is 1. The maximum atomic E-state index is 11.1. The number of hydrogen-bond donors (Lipinski definition) is 1. The number of thioether (sulfide) groups is 1. The monoisotopic (exact) mass is 403 g/mol. The summed E-state index contributed by atoms with van der Waals surface area (Å²) in [5.41, 5.74) is 2.52. The number of benzene rings is 2. The van der Waals surface area contributed by atoms with E-state index in [2.05, 4.69) is 20.9 Å². The number of aliphatic carboxylic acids is 1. The summed E-state index contributed by atoms with van der Waals surface area (Å²) in [5.74, 6) is -0.265. The van der Waals surface area contributed by atoms with E-state index in [4.69, 9.17) is 9.52 Å². The minimum absolute atomic E-state index is 0.349. The Balaban J connectivity index is 2.06. The van der Waals surface area contributed by atoms with Crippen LogP contribution in [0.25, 0.3) is 22.6 Å². The average molecular weight is 404 g/mol. The Labute approximate surface area is 152 Å². The van der Waals surface area contributed by atoms with Crippen molar-refractivity contribution >= 4 is 33.7 Å². The summed E-state index contributed by atoms with van der Waals surface area (Å²) in [6.45, 7) is 1.61. The lowest BCUT2D eigenvalue weighted by molar-refractivity contribution is -0.136. The van der Waals surface area contributed by atoms with Crippen LogP contribution in [0.4, 0.5) is 0 Å². The van der Waals surface area contributed by atoms with Crippen LogP contribution in [0, 0.1) is 0 Å². The molecule has 6 heteroatoms. The molecule has 1 heterocycles. The second kappa shape index (κ2) is 7.23. The molecule has 0 aliphatic heterocycles. The maximum absolute atomic E-state index is 11.1. The molecule has 122 valence electrons. The molecule has 0 bridgehead atoms. The molecule has 24 heavy (non-hydrogen) atoms. The number of rotatable bonds is 5. The predicted octanol–water partition coefficient (Wildman–Crippen LogP) is 5.34. The number of hydrogen-bond acceptors (Lipinski definition) is 4. The van der Waals surface area contributed by atoms with Gasteiger partial charge < -0.3 is 9.52 Å². The van der Waals surface area contributed by atoms with Gasteiger partial charge in [-0.25, -0.2) is 4.98 Å². The zero-order valence-electron chi connectivity index (χ0n) is 12.8. The highest BCUT2D eigenvalue weighted by molar-refractivity contribution is 9.10. The highest BCUT2D eigenvalue weighted by Crippen LogP contribution is 2.37. The first-order chi connectivity index (χ1) is 11.5. The molecule has 1 aromatic heterocycles. The summed E-state index contributed by atoms with van der Waals surface area (Å²) in [4.78, 5) is 15.6. The van der Waals surface area contributed by atoms with Crippen LogP contribution in [0.3, 0.4) is 0 Å². The minimum atomic E-state index is -0.898. The summed E-state index contributed by atoms with van der Waals surface area (Å²) < 4.78 is 6.86. The van der Waals surface area contributed by atoms with Crippen LogP contribution < -0.4 is 0 Å². The molecule has 0 amide bonds. The Morgan fingerprint density at radius 3 is 2.42 bits per heavy atom. The highest BCUT2D eigenvalue weighted by Gasteiger charge is 2.21. The number of carboxylic acids is 1. The first-order valence-corrected chi connectivity index (χ1v) is 8.93. The van der Waals surface area contributed by atoms with E-state index in [1.807, 2.05) is 54.6 Å². The Morgan fingerprint density at radius 2 is 1.79 bits per heavy atom. The summed E-state index contributed by atoms with van der Waals surface area (Å²) in [7, 11) is 0. The van der Waals surface area contributed by atoms with Crippen molar-refractivity contribution in [3.8, 4) is 22.6 Å². The second-order valence-corrected chi connectivity index (χ2v) is 7.34. The highest BCUT2D eigenvalue weighted by atomic mass is 79.9. The molecule has 1 unspecified atom stereocenters. The van der Waals surface area contributed by atoms with E-state index in [1.165, 1.54) is 0 Å². The Morgan fingerprint density at radius 1 is 1.12 bits per heavy atom. The molecule has 2 aromatic carbocycles. The molecule has 0 aliphatic rings.